The molecule has 0 radical (unpaired) electrons. The Morgan fingerprint density at radius 3 is 2.63 bits per heavy atom. The predicted octanol–water partition coefficient (Wildman–Crippen LogP) is 6.25. The van der Waals surface area contributed by atoms with Crippen molar-refractivity contribution in [3.05, 3.63) is 62.4 Å². The molecule has 0 amide bonds. The molecule has 0 aliphatic rings. The normalized spacial score (nSPS) is 11.4. The van der Waals surface area contributed by atoms with E-state index < -0.39 is 0 Å². The summed E-state index contributed by atoms with van der Waals surface area (Å²) in [6, 6.07) is 11.7. The van der Waals surface area contributed by atoms with Crippen molar-refractivity contribution < 1.29 is 13.9 Å². The molecular formula is C25H30INO3. The van der Waals surface area contributed by atoms with E-state index in [2.05, 4.69) is 48.5 Å². The van der Waals surface area contributed by atoms with Crippen LogP contribution in [-0.4, -0.2) is 37.9 Å². The summed E-state index contributed by atoms with van der Waals surface area (Å²) >= 11 is 2.27. The van der Waals surface area contributed by atoms with E-state index in [1.54, 1.807) is 0 Å². The molecule has 5 heteroatoms. The van der Waals surface area contributed by atoms with Gasteiger partial charge in [0.05, 0.1) is 15.7 Å². The van der Waals surface area contributed by atoms with Crippen molar-refractivity contribution in [1.29, 1.82) is 0 Å². The third kappa shape index (κ3) is 5.24. The fourth-order valence-corrected chi connectivity index (χ4v) is 4.52. The smallest absolute Gasteiger partial charge is 0.197 e. The first-order valence-corrected chi connectivity index (χ1v) is 11.6. The Kier molecular flexibility index (Phi) is 7.94. The number of aryl methyl sites for hydroxylation is 2. The van der Waals surface area contributed by atoms with Crippen molar-refractivity contribution in [1.82, 2.24) is 4.90 Å². The third-order valence-corrected chi connectivity index (χ3v) is 5.94. The molecule has 0 spiro atoms. The molecule has 0 aliphatic carbocycles. The summed E-state index contributed by atoms with van der Waals surface area (Å²) in [6.45, 7) is 5.80. The van der Waals surface area contributed by atoms with Gasteiger partial charge >= 0.3 is 0 Å². The van der Waals surface area contributed by atoms with Crippen LogP contribution in [0, 0.1) is 10.5 Å². The van der Waals surface area contributed by atoms with Crippen LogP contribution in [0.5, 0.6) is 5.75 Å². The molecule has 2 aromatic carbocycles. The average molecular weight is 519 g/mol. The highest BCUT2D eigenvalue weighted by molar-refractivity contribution is 14.1. The van der Waals surface area contributed by atoms with Gasteiger partial charge < -0.3 is 14.1 Å². The summed E-state index contributed by atoms with van der Waals surface area (Å²) in [4.78, 5) is 15.7. The second kappa shape index (κ2) is 10.4. The van der Waals surface area contributed by atoms with Crippen LogP contribution in [-0.2, 0) is 6.42 Å². The number of fused-ring (bicyclic) bond motifs is 1. The zero-order valence-electron chi connectivity index (χ0n) is 18.3. The summed E-state index contributed by atoms with van der Waals surface area (Å²) in [5.41, 5.74) is 3.15. The number of rotatable bonds is 10. The van der Waals surface area contributed by atoms with E-state index in [0.29, 0.717) is 17.7 Å². The molecule has 0 atom stereocenters. The lowest BCUT2D eigenvalue weighted by atomic mass is 9.97. The van der Waals surface area contributed by atoms with E-state index in [1.807, 2.05) is 43.3 Å². The number of hydrogen-bond acceptors (Lipinski definition) is 4. The minimum atomic E-state index is 0.0197. The van der Waals surface area contributed by atoms with Gasteiger partial charge in [0.15, 0.2) is 5.78 Å². The van der Waals surface area contributed by atoms with E-state index in [9.17, 15) is 4.79 Å². The van der Waals surface area contributed by atoms with Gasteiger partial charge in [0.25, 0.3) is 0 Å². The quantitative estimate of drug-likeness (QED) is 0.181. The van der Waals surface area contributed by atoms with Gasteiger partial charge in [-0.3, -0.25) is 4.79 Å². The lowest BCUT2D eigenvalue weighted by molar-refractivity contribution is 0.103. The number of benzene rings is 2. The van der Waals surface area contributed by atoms with Crippen LogP contribution in [0.2, 0.25) is 0 Å². The van der Waals surface area contributed by atoms with Gasteiger partial charge in [-0.15, -0.1) is 0 Å². The standard InChI is InChI=1S/C25H30INO3/c1-5-6-11-22-23(19-10-7-8-12-21(19)30-22)24(28)18-15-17(2)25(20(26)16-18)29-14-9-13-27(3)4/h7-8,10,12,15-16H,5-6,9,11,13-14H2,1-4H3. The molecule has 0 saturated carbocycles. The molecule has 0 saturated heterocycles. The number of furan rings is 1. The Bertz CT molecular complexity index is 999. The van der Waals surface area contributed by atoms with E-state index in [4.69, 9.17) is 9.15 Å². The fraction of sp³-hybridized carbons (Fsp3) is 0.400. The van der Waals surface area contributed by atoms with Crippen LogP contribution in [0.15, 0.2) is 40.8 Å². The first kappa shape index (κ1) is 22.8. The zero-order chi connectivity index (χ0) is 21.7. The van der Waals surface area contributed by atoms with E-state index in [1.165, 1.54) is 0 Å². The second-order valence-corrected chi connectivity index (χ2v) is 9.10. The molecule has 0 bridgehead atoms. The molecule has 0 N–H and O–H groups in total. The van der Waals surface area contributed by atoms with Crippen molar-refractivity contribution in [2.24, 2.45) is 0 Å². The SMILES string of the molecule is CCCCc1oc2ccccc2c1C(=O)c1cc(C)c(OCCCN(C)C)c(I)c1. The molecule has 3 rings (SSSR count). The van der Waals surface area contributed by atoms with Gasteiger partial charge in [-0.25, -0.2) is 0 Å². The first-order chi connectivity index (χ1) is 14.4. The predicted molar refractivity (Wildman–Crippen MR) is 131 cm³/mol. The van der Waals surface area contributed by atoms with Crippen molar-refractivity contribution >= 4 is 39.3 Å². The number of unbranched alkanes of at least 4 members (excludes halogenated alkanes) is 1. The number of para-hydroxylation sites is 1. The first-order valence-electron chi connectivity index (χ1n) is 10.5. The van der Waals surface area contributed by atoms with Crippen LogP contribution in [0.4, 0.5) is 0 Å². The zero-order valence-corrected chi connectivity index (χ0v) is 20.4. The fourth-order valence-electron chi connectivity index (χ4n) is 3.60. The molecule has 1 aromatic heterocycles. The van der Waals surface area contributed by atoms with Crippen LogP contribution in [0.25, 0.3) is 11.0 Å². The number of halogens is 1. The molecule has 3 aromatic rings. The largest absolute Gasteiger partial charge is 0.492 e. The highest BCUT2D eigenvalue weighted by Gasteiger charge is 2.23. The molecule has 4 nitrogen and oxygen atoms in total. The van der Waals surface area contributed by atoms with E-state index in [0.717, 1.165) is 63.8 Å². The van der Waals surface area contributed by atoms with Crippen molar-refractivity contribution in [2.75, 3.05) is 27.2 Å². The Morgan fingerprint density at radius 2 is 1.93 bits per heavy atom. The molecule has 30 heavy (non-hydrogen) atoms. The maximum atomic E-state index is 13.5. The highest BCUT2D eigenvalue weighted by atomic mass is 127. The summed E-state index contributed by atoms with van der Waals surface area (Å²) in [6.07, 6.45) is 3.79. The Balaban J connectivity index is 1.90. The Labute approximate surface area is 192 Å². The maximum absolute atomic E-state index is 13.5. The second-order valence-electron chi connectivity index (χ2n) is 7.94. The molecule has 0 unspecified atom stereocenters. The summed E-state index contributed by atoms with van der Waals surface area (Å²) in [7, 11) is 4.12. The van der Waals surface area contributed by atoms with Gasteiger partial charge in [-0.2, -0.15) is 0 Å². The molecule has 1 heterocycles. The maximum Gasteiger partial charge on any atom is 0.197 e. The van der Waals surface area contributed by atoms with Crippen LogP contribution < -0.4 is 4.74 Å². The van der Waals surface area contributed by atoms with Gasteiger partial charge in [-0.1, -0.05) is 31.5 Å². The van der Waals surface area contributed by atoms with Crippen LogP contribution in [0.3, 0.4) is 0 Å². The van der Waals surface area contributed by atoms with E-state index in [-0.39, 0.29) is 5.78 Å². The lowest BCUT2D eigenvalue weighted by Crippen LogP contribution is -2.16. The number of carbonyl (C=O) groups is 1. The molecule has 160 valence electrons. The Morgan fingerprint density at radius 1 is 1.17 bits per heavy atom. The molecule has 0 aliphatic heterocycles. The highest BCUT2D eigenvalue weighted by Crippen LogP contribution is 2.32. The molecule has 0 fully saturated rings. The third-order valence-electron chi connectivity index (χ3n) is 5.14. The van der Waals surface area contributed by atoms with Crippen molar-refractivity contribution in [3.8, 4) is 5.75 Å². The van der Waals surface area contributed by atoms with Crippen molar-refractivity contribution in [3.63, 3.8) is 0 Å². The number of ether oxygens (including phenoxy) is 1. The number of ketones is 1. The van der Waals surface area contributed by atoms with Gasteiger partial charge in [0, 0.05) is 23.9 Å². The summed E-state index contributed by atoms with van der Waals surface area (Å²) < 4.78 is 13.0. The number of carbonyl (C=O) groups excluding carboxylic acids is 1. The Hall–Kier alpha value is -1.86. The number of nitrogens with zero attached hydrogens (tertiary/aromatic N) is 1. The van der Waals surface area contributed by atoms with Crippen molar-refractivity contribution in [2.45, 2.75) is 39.5 Å². The van der Waals surface area contributed by atoms with Crippen LogP contribution in [0.1, 0.15) is 53.4 Å². The molecular weight excluding hydrogens is 489 g/mol. The number of hydrogen-bond donors (Lipinski definition) is 0. The minimum Gasteiger partial charge on any atom is -0.492 e. The van der Waals surface area contributed by atoms with E-state index >= 15 is 0 Å². The van der Waals surface area contributed by atoms with Gasteiger partial charge in [0.2, 0.25) is 0 Å². The monoisotopic (exact) mass is 519 g/mol. The van der Waals surface area contributed by atoms with Gasteiger partial charge in [-0.05, 0) is 80.2 Å². The van der Waals surface area contributed by atoms with Gasteiger partial charge in [0.1, 0.15) is 17.1 Å². The van der Waals surface area contributed by atoms with Crippen LogP contribution >= 0.6 is 22.6 Å². The average Bonchev–Trinajstić information content (AvgIpc) is 3.08. The summed E-state index contributed by atoms with van der Waals surface area (Å²) in [5.74, 6) is 1.68. The summed E-state index contributed by atoms with van der Waals surface area (Å²) in [5, 5.41) is 0.894. The minimum absolute atomic E-state index is 0.0197. The lowest BCUT2D eigenvalue weighted by Gasteiger charge is -2.14. The topological polar surface area (TPSA) is 42.7 Å².